The number of hydrogen-bond acceptors (Lipinski definition) is 8. The van der Waals surface area contributed by atoms with Crippen molar-refractivity contribution >= 4 is 23.4 Å². The molecule has 0 radical (unpaired) electrons. The van der Waals surface area contributed by atoms with E-state index in [1.165, 1.54) is 12.0 Å². The lowest BCUT2D eigenvalue weighted by Gasteiger charge is -2.33. The summed E-state index contributed by atoms with van der Waals surface area (Å²) in [6.45, 7) is 14.2. The van der Waals surface area contributed by atoms with Gasteiger partial charge in [-0.15, -0.1) is 10.2 Å². The van der Waals surface area contributed by atoms with Crippen LogP contribution < -0.4 is 20.3 Å². The summed E-state index contributed by atoms with van der Waals surface area (Å²) in [7, 11) is 0. The first kappa shape index (κ1) is 36.1. The molecular weight excluding hydrogens is 679 g/mol. The number of nitrogens with one attached hydrogen (secondary N) is 2. The minimum Gasteiger partial charge on any atom is -0.484 e. The van der Waals surface area contributed by atoms with Gasteiger partial charge >= 0.3 is 6.03 Å². The highest BCUT2D eigenvalue weighted by molar-refractivity contribution is 5.89. The molecule has 3 aliphatic rings. The van der Waals surface area contributed by atoms with Gasteiger partial charge in [0.2, 0.25) is 5.95 Å². The second kappa shape index (κ2) is 15.4. The average molecular weight is 732 g/mol. The Kier molecular flexibility index (Phi) is 10.3. The summed E-state index contributed by atoms with van der Waals surface area (Å²) in [6.07, 6.45) is 7.84. The quantitative estimate of drug-likeness (QED) is 0.163. The van der Waals surface area contributed by atoms with Gasteiger partial charge in [0.1, 0.15) is 17.7 Å². The summed E-state index contributed by atoms with van der Waals surface area (Å²) in [5.41, 5.74) is 5.81. The number of pyridine rings is 1. The maximum absolute atomic E-state index is 13.8. The zero-order chi connectivity index (χ0) is 37.2. The molecule has 0 spiro atoms. The molecule has 2 N–H and O–H groups in total. The van der Waals surface area contributed by atoms with Crippen LogP contribution in [0, 0.1) is 0 Å². The lowest BCUT2D eigenvalue weighted by atomic mass is 9.85. The smallest absolute Gasteiger partial charge is 0.320 e. The van der Waals surface area contributed by atoms with Gasteiger partial charge in [0, 0.05) is 43.7 Å². The Hall–Kier alpha value is -4.94. The molecule has 2 amide bonds. The van der Waals surface area contributed by atoms with Crippen LogP contribution in [0.4, 0.5) is 16.6 Å². The minimum atomic E-state index is -0.267. The molecule has 54 heavy (non-hydrogen) atoms. The fourth-order valence-electron chi connectivity index (χ4n) is 8.01. The molecule has 0 saturated carbocycles. The zero-order valence-electron chi connectivity index (χ0n) is 32.0. The number of urea groups is 1. The second-order valence-electron chi connectivity index (χ2n) is 16.0. The molecule has 3 atom stereocenters. The number of benzene rings is 2. The van der Waals surface area contributed by atoms with Crippen LogP contribution in [-0.4, -0.2) is 80.7 Å². The molecule has 2 fully saturated rings. The highest BCUT2D eigenvalue weighted by atomic mass is 16.5. The van der Waals surface area contributed by atoms with Crippen LogP contribution in [0.15, 0.2) is 72.9 Å². The van der Waals surface area contributed by atoms with Crippen molar-refractivity contribution in [3.8, 4) is 11.4 Å². The molecule has 12 nitrogen and oxygen atoms in total. The third kappa shape index (κ3) is 7.81. The van der Waals surface area contributed by atoms with Crippen molar-refractivity contribution in [3.63, 3.8) is 0 Å². The van der Waals surface area contributed by atoms with Gasteiger partial charge in [-0.3, -0.25) is 14.6 Å². The summed E-state index contributed by atoms with van der Waals surface area (Å²) in [5.74, 6) is 2.27. The van der Waals surface area contributed by atoms with E-state index in [0.717, 1.165) is 111 Å². The fourth-order valence-corrected chi connectivity index (χ4v) is 8.01. The molecule has 3 aromatic heterocycles. The number of ether oxygens (including phenoxy) is 2. The van der Waals surface area contributed by atoms with Gasteiger partial charge in [-0.1, -0.05) is 57.2 Å². The number of anilines is 2. The average Bonchev–Trinajstić information content (AvgIpc) is 3.80. The summed E-state index contributed by atoms with van der Waals surface area (Å²) >= 11 is 0. The maximum Gasteiger partial charge on any atom is 0.320 e. The van der Waals surface area contributed by atoms with Crippen LogP contribution in [0.2, 0.25) is 0 Å². The van der Waals surface area contributed by atoms with Crippen LogP contribution in [-0.2, 0) is 16.6 Å². The van der Waals surface area contributed by atoms with Gasteiger partial charge in [-0.2, -0.15) is 5.10 Å². The number of carbonyl (C=O) groups excluding carboxylic acids is 1. The number of nitrogens with zero attached hydrogens (tertiary/aromatic N) is 7. The largest absolute Gasteiger partial charge is 0.484 e. The molecule has 0 bridgehead atoms. The number of hydrogen-bond donors (Lipinski definition) is 2. The first-order valence-electron chi connectivity index (χ1n) is 19.6. The van der Waals surface area contributed by atoms with Crippen molar-refractivity contribution in [2.45, 2.75) is 89.8 Å². The third-order valence-corrected chi connectivity index (χ3v) is 11.1. The normalized spacial score (nSPS) is 20.8. The van der Waals surface area contributed by atoms with E-state index < -0.39 is 0 Å². The van der Waals surface area contributed by atoms with Gasteiger partial charge in [0.05, 0.1) is 36.8 Å². The van der Waals surface area contributed by atoms with E-state index in [4.69, 9.17) is 14.6 Å². The standard InChI is InChI=1S/C42H53N9O3/c1-29-10-7-8-20-49(29)41-46-45-38-18-15-32(28-50(38)41)54-36-17-16-35(33-13-5-6-14-34(33)36)43-40(52)44-39-27-37(42(2,3)4)47-51(39)31-12-9-11-30(26-31)19-21-48-22-24-53-25-23-48/h5-6,9,11-15,18,26-29,35-36H,7-8,10,16-17,19-25H2,1-4H3,(H2,43,44,52)/t29-,35-,36+/m0/s1. The Morgan fingerprint density at radius 1 is 0.926 bits per heavy atom. The lowest BCUT2D eigenvalue weighted by molar-refractivity contribution is 0.0384. The maximum atomic E-state index is 13.8. The Bertz CT molecular complexity index is 2080. The molecule has 12 heteroatoms. The molecule has 284 valence electrons. The van der Waals surface area contributed by atoms with Gasteiger partial charge in [-0.25, -0.2) is 9.48 Å². The number of fused-ring (bicyclic) bond motifs is 2. The Morgan fingerprint density at radius 2 is 1.76 bits per heavy atom. The van der Waals surface area contributed by atoms with Crippen molar-refractivity contribution < 1.29 is 14.3 Å². The van der Waals surface area contributed by atoms with E-state index in [9.17, 15) is 4.79 Å². The topological polar surface area (TPSA) is 114 Å². The van der Waals surface area contributed by atoms with Crippen molar-refractivity contribution in [2.24, 2.45) is 0 Å². The SMILES string of the molecule is C[C@H]1CCCCN1c1nnc2ccc(O[C@@H]3CC[C@H](NC(=O)Nc4cc(C(C)(C)C)nn4-c4cccc(CCN5CCOCC5)c4)c4ccccc43)cn12. The van der Waals surface area contributed by atoms with Crippen LogP contribution in [0.25, 0.3) is 11.3 Å². The number of amides is 2. The summed E-state index contributed by atoms with van der Waals surface area (Å²) in [6, 6.07) is 22.7. The Balaban J connectivity index is 0.974. The number of piperidine rings is 1. The molecule has 1 aliphatic carbocycles. The zero-order valence-corrected chi connectivity index (χ0v) is 32.0. The molecule has 5 aromatic rings. The molecule has 0 unspecified atom stereocenters. The first-order chi connectivity index (χ1) is 26.2. The van der Waals surface area contributed by atoms with Crippen molar-refractivity contribution in [3.05, 3.63) is 95.3 Å². The van der Waals surface area contributed by atoms with Crippen LogP contribution in [0.1, 0.15) is 94.3 Å². The van der Waals surface area contributed by atoms with Crippen LogP contribution in [0.5, 0.6) is 5.75 Å². The van der Waals surface area contributed by atoms with E-state index in [0.29, 0.717) is 11.9 Å². The van der Waals surface area contributed by atoms with Gasteiger partial charge in [-0.05, 0) is 86.4 Å². The van der Waals surface area contributed by atoms with E-state index in [2.05, 4.69) is 93.1 Å². The highest BCUT2D eigenvalue weighted by Crippen LogP contribution is 2.39. The highest BCUT2D eigenvalue weighted by Gasteiger charge is 2.31. The molecule has 5 heterocycles. The molecular formula is C42H53N9O3. The predicted molar refractivity (Wildman–Crippen MR) is 211 cm³/mol. The second-order valence-corrected chi connectivity index (χ2v) is 16.0. The van der Waals surface area contributed by atoms with E-state index in [-0.39, 0.29) is 23.6 Å². The van der Waals surface area contributed by atoms with Crippen molar-refractivity contribution in [1.29, 1.82) is 0 Å². The van der Waals surface area contributed by atoms with E-state index in [1.54, 1.807) is 0 Å². The van der Waals surface area contributed by atoms with Gasteiger partial charge in [0.25, 0.3) is 0 Å². The predicted octanol–water partition coefficient (Wildman–Crippen LogP) is 7.24. The van der Waals surface area contributed by atoms with Crippen molar-refractivity contribution in [2.75, 3.05) is 49.6 Å². The Labute approximate surface area is 317 Å². The molecule has 2 saturated heterocycles. The van der Waals surface area contributed by atoms with E-state index in [1.807, 2.05) is 47.3 Å². The number of carbonyl (C=O) groups is 1. The van der Waals surface area contributed by atoms with Crippen LogP contribution >= 0.6 is 0 Å². The number of aromatic nitrogens is 5. The van der Waals surface area contributed by atoms with Gasteiger partial charge < -0.3 is 19.7 Å². The van der Waals surface area contributed by atoms with E-state index >= 15 is 0 Å². The minimum absolute atomic E-state index is 0.153. The molecule has 2 aliphatic heterocycles. The van der Waals surface area contributed by atoms with Gasteiger partial charge in [0.15, 0.2) is 5.65 Å². The first-order valence-corrected chi connectivity index (χ1v) is 19.6. The Morgan fingerprint density at radius 3 is 2.57 bits per heavy atom. The summed E-state index contributed by atoms with van der Waals surface area (Å²) in [5, 5.41) is 20.4. The summed E-state index contributed by atoms with van der Waals surface area (Å²) in [4.78, 5) is 18.6. The monoisotopic (exact) mass is 731 g/mol. The molecule has 2 aromatic carbocycles. The third-order valence-electron chi connectivity index (χ3n) is 11.1. The van der Waals surface area contributed by atoms with Crippen LogP contribution in [0.3, 0.4) is 0 Å². The van der Waals surface area contributed by atoms with Crippen molar-refractivity contribution in [1.82, 2.24) is 34.6 Å². The fraction of sp³-hybridized carbons (Fsp3) is 0.476. The number of rotatable bonds is 9. The summed E-state index contributed by atoms with van der Waals surface area (Å²) < 4.78 is 16.1. The molecule has 8 rings (SSSR count). The number of morpholine rings is 1. The lowest BCUT2D eigenvalue weighted by Crippen LogP contribution is -2.38.